The summed E-state index contributed by atoms with van der Waals surface area (Å²) in [5.74, 6) is 0.648. The summed E-state index contributed by atoms with van der Waals surface area (Å²) in [4.78, 5) is 7.75. The van der Waals surface area contributed by atoms with Crippen molar-refractivity contribution < 1.29 is 18.4 Å². The first-order valence-corrected chi connectivity index (χ1v) is 9.46. The molecule has 7 heteroatoms. The second-order valence-electron chi connectivity index (χ2n) is 7.54. The van der Waals surface area contributed by atoms with Crippen LogP contribution >= 0.6 is 0 Å². The number of hydrogen-bond acceptors (Lipinski definition) is 5. The van der Waals surface area contributed by atoms with Crippen molar-refractivity contribution in [1.82, 2.24) is 15.1 Å². The lowest BCUT2D eigenvalue weighted by Crippen LogP contribution is -2.51. The van der Waals surface area contributed by atoms with Crippen LogP contribution in [0.3, 0.4) is 0 Å². The van der Waals surface area contributed by atoms with Crippen LogP contribution in [0.4, 0.5) is 4.39 Å². The van der Waals surface area contributed by atoms with E-state index in [1.54, 1.807) is 0 Å². The first kappa shape index (κ1) is 18.0. The van der Waals surface area contributed by atoms with Crippen molar-refractivity contribution in [2.24, 2.45) is 0 Å². The van der Waals surface area contributed by atoms with Gasteiger partial charge in [-0.05, 0) is 36.2 Å². The molecule has 0 radical (unpaired) electrons. The Bertz CT molecular complexity index is 1150. The largest absolute Gasteiger partial charge is 0.379 e. The van der Waals surface area contributed by atoms with Gasteiger partial charge in [0.2, 0.25) is 0 Å². The monoisotopic (exact) mass is 393 g/mol. The predicted molar refractivity (Wildman–Crippen MR) is 105 cm³/mol. The predicted octanol–water partition coefficient (Wildman–Crippen LogP) is 4.15. The number of H-pyrrole nitrogens is 1. The fourth-order valence-corrected chi connectivity index (χ4v) is 3.60. The van der Waals surface area contributed by atoms with Crippen LogP contribution in [0.2, 0.25) is 0 Å². The Morgan fingerprint density at radius 3 is 2.76 bits per heavy atom. The van der Waals surface area contributed by atoms with E-state index < -0.39 is 5.41 Å². The number of aromatic nitrogens is 3. The molecule has 5 rings (SSSR count). The number of nitrogens with one attached hydrogen (secondary N) is 1. The number of ether oxygens (including phenoxy) is 2. The van der Waals surface area contributed by atoms with Gasteiger partial charge in [-0.15, -0.1) is 0 Å². The maximum absolute atomic E-state index is 13.7. The van der Waals surface area contributed by atoms with Crippen LogP contribution in [0.25, 0.3) is 22.5 Å². The van der Waals surface area contributed by atoms with Crippen molar-refractivity contribution >= 4 is 10.9 Å². The number of halogens is 1. The quantitative estimate of drug-likeness (QED) is 0.533. The van der Waals surface area contributed by atoms with Crippen LogP contribution in [0.5, 0.6) is 0 Å². The Labute approximate surface area is 166 Å². The molecule has 4 aromatic rings. The summed E-state index contributed by atoms with van der Waals surface area (Å²) in [5.41, 5.74) is 2.90. The molecule has 1 N–H and O–H groups in total. The normalized spacial score (nSPS) is 15.5. The molecule has 0 spiro atoms. The number of fused-ring (bicyclic) bond motifs is 1. The summed E-state index contributed by atoms with van der Waals surface area (Å²) in [7, 11) is 0. The summed E-state index contributed by atoms with van der Waals surface area (Å²) >= 11 is 0. The van der Waals surface area contributed by atoms with E-state index in [1.165, 1.54) is 12.1 Å². The zero-order chi connectivity index (χ0) is 19.8. The highest BCUT2D eigenvalue weighted by Crippen LogP contribution is 2.33. The summed E-state index contributed by atoms with van der Waals surface area (Å²) in [5, 5.41) is 5.11. The smallest absolute Gasteiger partial charge is 0.274 e. The fourth-order valence-electron chi connectivity index (χ4n) is 3.60. The molecule has 1 aliphatic rings. The van der Waals surface area contributed by atoms with E-state index in [2.05, 4.69) is 15.1 Å². The molecule has 2 aromatic heterocycles. The third kappa shape index (κ3) is 3.32. The SMILES string of the molecule is Cc1cc(F)cc2[nH]c(-c3nc(C4(COCc5ccccc5)COC4)no3)cc12. The topological polar surface area (TPSA) is 73.2 Å². The molecule has 6 nitrogen and oxygen atoms in total. The summed E-state index contributed by atoms with van der Waals surface area (Å²) < 4.78 is 30.5. The second kappa shape index (κ2) is 7.09. The van der Waals surface area contributed by atoms with Crippen LogP contribution in [-0.4, -0.2) is 34.9 Å². The van der Waals surface area contributed by atoms with E-state index >= 15 is 0 Å². The third-order valence-corrected chi connectivity index (χ3v) is 5.29. The summed E-state index contributed by atoms with van der Waals surface area (Å²) in [6.45, 7) is 3.79. The first-order valence-electron chi connectivity index (χ1n) is 9.46. The fraction of sp³-hybridized carbons (Fsp3) is 0.273. The van der Waals surface area contributed by atoms with Crippen molar-refractivity contribution in [2.75, 3.05) is 19.8 Å². The average molecular weight is 393 g/mol. The molecular weight excluding hydrogens is 373 g/mol. The standard InChI is InChI=1S/C22H20FN3O3/c1-14-7-16(23)8-18-17(14)9-19(24-18)20-25-21(26-29-20)22(12-28-13-22)11-27-10-15-5-3-2-4-6-15/h2-9,24H,10-13H2,1H3. The van der Waals surface area contributed by atoms with Gasteiger partial charge in [-0.25, -0.2) is 4.39 Å². The summed E-state index contributed by atoms with van der Waals surface area (Å²) in [6, 6.07) is 14.9. The molecule has 0 atom stereocenters. The molecule has 1 fully saturated rings. The zero-order valence-electron chi connectivity index (χ0n) is 15.9. The lowest BCUT2D eigenvalue weighted by molar-refractivity contribution is -0.106. The van der Waals surface area contributed by atoms with E-state index in [1.807, 2.05) is 43.3 Å². The number of aromatic amines is 1. The van der Waals surface area contributed by atoms with Gasteiger partial charge in [0.25, 0.3) is 5.89 Å². The van der Waals surface area contributed by atoms with Crippen molar-refractivity contribution in [3.8, 4) is 11.6 Å². The molecule has 0 saturated carbocycles. The minimum Gasteiger partial charge on any atom is -0.379 e. The first-order chi connectivity index (χ1) is 14.1. The van der Waals surface area contributed by atoms with E-state index in [0.717, 1.165) is 16.5 Å². The van der Waals surface area contributed by atoms with Gasteiger partial charge < -0.3 is 19.0 Å². The van der Waals surface area contributed by atoms with Gasteiger partial charge in [-0.1, -0.05) is 35.5 Å². The second-order valence-corrected chi connectivity index (χ2v) is 7.54. The Hall–Kier alpha value is -3.03. The van der Waals surface area contributed by atoms with Gasteiger partial charge in [-0.2, -0.15) is 4.98 Å². The van der Waals surface area contributed by atoms with Gasteiger partial charge in [0.05, 0.1) is 26.4 Å². The summed E-state index contributed by atoms with van der Waals surface area (Å²) in [6.07, 6.45) is 0. The van der Waals surface area contributed by atoms with Crippen molar-refractivity contribution in [2.45, 2.75) is 18.9 Å². The molecule has 0 unspecified atom stereocenters. The van der Waals surface area contributed by atoms with Gasteiger partial charge in [-0.3, -0.25) is 0 Å². The van der Waals surface area contributed by atoms with E-state index in [4.69, 9.17) is 14.0 Å². The highest BCUT2D eigenvalue weighted by atomic mass is 19.1. The molecule has 3 heterocycles. The highest BCUT2D eigenvalue weighted by molar-refractivity contribution is 5.87. The van der Waals surface area contributed by atoms with Crippen LogP contribution in [-0.2, 0) is 21.5 Å². The molecule has 1 aliphatic heterocycles. The Morgan fingerprint density at radius 1 is 1.17 bits per heavy atom. The molecule has 1 saturated heterocycles. The van der Waals surface area contributed by atoms with E-state index in [-0.39, 0.29) is 5.82 Å². The Balaban J connectivity index is 1.36. The number of rotatable bonds is 6. The number of benzene rings is 2. The van der Waals surface area contributed by atoms with E-state index in [0.29, 0.717) is 49.4 Å². The molecule has 2 aromatic carbocycles. The molecule has 0 aliphatic carbocycles. The Morgan fingerprint density at radius 2 is 2.00 bits per heavy atom. The van der Waals surface area contributed by atoms with Gasteiger partial charge in [0.1, 0.15) is 16.9 Å². The van der Waals surface area contributed by atoms with Crippen LogP contribution in [0.1, 0.15) is 17.0 Å². The Kier molecular flexibility index (Phi) is 4.41. The van der Waals surface area contributed by atoms with Crippen LogP contribution in [0, 0.1) is 12.7 Å². The maximum Gasteiger partial charge on any atom is 0.274 e. The average Bonchev–Trinajstić information content (AvgIpc) is 3.32. The lowest BCUT2D eigenvalue weighted by atomic mass is 9.86. The molecule has 0 amide bonds. The minimum atomic E-state index is -0.412. The molecule has 0 bridgehead atoms. The van der Waals surface area contributed by atoms with Crippen molar-refractivity contribution in [1.29, 1.82) is 0 Å². The van der Waals surface area contributed by atoms with Gasteiger partial charge in [0.15, 0.2) is 5.82 Å². The maximum atomic E-state index is 13.7. The lowest BCUT2D eigenvalue weighted by Gasteiger charge is -2.38. The van der Waals surface area contributed by atoms with Crippen molar-refractivity contribution in [3.05, 3.63) is 71.3 Å². The van der Waals surface area contributed by atoms with Gasteiger partial charge >= 0.3 is 0 Å². The van der Waals surface area contributed by atoms with Crippen LogP contribution in [0.15, 0.2) is 53.1 Å². The van der Waals surface area contributed by atoms with Gasteiger partial charge in [0, 0.05) is 10.9 Å². The van der Waals surface area contributed by atoms with E-state index in [9.17, 15) is 4.39 Å². The molecule has 148 valence electrons. The number of aryl methyl sites for hydroxylation is 1. The molecule has 29 heavy (non-hydrogen) atoms. The highest BCUT2D eigenvalue weighted by Gasteiger charge is 2.45. The molecular formula is C22H20FN3O3. The third-order valence-electron chi connectivity index (χ3n) is 5.29. The van der Waals surface area contributed by atoms with Crippen LogP contribution < -0.4 is 0 Å². The van der Waals surface area contributed by atoms with Crippen molar-refractivity contribution in [3.63, 3.8) is 0 Å². The minimum absolute atomic E-state index is 0.282. The zero-order valence-corrected chi connectivity index (χ0v) is 15.9. The number of hydrogen-bond donors (Lipinski definition) is 1. The number of nitrogens with zero attached hydrogens (tertiary/aromatic N) is 2.